The second kappa shape index (κ2) is 8.73. The van der Waals surface area contributed by atoms with E-state index in [2.05, 4.69) is 34.4 Å². The highest BCUT2D eigenvalue weighted by atomic mass is 19.4. The summed E-state index contributed by atoms with van der Waals surface area (Å²) < 4.78 is 40.5. The van der Waals surface area contributed by atoms with E-state index in [1.807, 2.05) is 56.3 Å². The van der Waals surface area contributed by atoms with Gasteiger partial charge in [-0.3, -0.25) is 0 Å². The minimum Gasteiger partial charge on any atom is -0.340 e. The summed E-state index contributed by atoms with van der Waals surface area (Å²) in [6.07, 6.45) is -3.78. The molecule has 7 heteroatoms. The minimum absolute atomic E-state index is 0.0859. The lowest BCUT2D eigenvalue weighted by Crippen LogP contribution is -2.12. The van der Waals surface area contributed by atoms with Crippen LogP contribution in [0.5, 0.6) is 0 Å². The van der Waals surface area contributed by atoms with Gasteiger partial charge in [-0.15, -0.1) is 0 Å². The minimum atomic E-state index is -4.57. The molecule has 158 valence electrons. The molecule has 4 nitrogen and oxygen atoms in total. The summed E-state index contributed by atoms with van der Waals surface area (Å²) in [5.74, 6) is 0.437. The molecule has 0 bridgehead atoms. The van der Waals surface area contributed by atoms with Crippen molar-refractivity contribution in [2.24, 2.45) is 0 Å². The molecule has 0 aliphatic carbocycles. The van der Waals surface area contributed by atoms with E-state index in [1.165, 1.54) is 5.56 Å². The maximum atomic E-state index is 13.5. The molecule has 3 rings (SSSR count). The van der Waals surface area contributed by atoms with Gasteiger partial charge in [-0.2, -0.15) is 18.2 Å². The quantitative estimate of drug-likeness (QED) is 0.447. The molecular weight excluding hydrogens is 389 g/mol. The van der Waals surface area contributed by atoms with Crippen molar-refractivity contribution < 1.29 is 13.2 Å². The number of hydrogen-bond acceptors (Lipinski definition) is 4. The molecule has 2 aromatic carbocycles. The number of alkyl halides is 3. The van der Waals surface area contributed by atoms with Gasteiger partial charge >= 0.3 is 6.18 Å². The van der Waals surface area contributed by atoms with Crippen molar-refractivity contribution >= 4 is 23.1 Å². The van der Waals surface area contributed by atoms with Crippen LogP contribution in [0.3, 0.4) is 0 Å². The highest BCUT2D eigenvalue weighted by Crippen LogP contribution is 2.35. The predicted molar refractivity (Wildman–Crippen MR) is 115 cm³/mol. The molecule has 1 heterocycles. The zero-order chi connectivity index (χ0) is 21.9. The van der Waals surface area contributed by atoms with Gasteiger partial charge in [0, 0.05) is 17.6 Å². The van der Waals surface area contributed by atoms with Crippen molar-refractivity contribution in [1.29, 1.82) is 0 Å². The van der Waals surface area contributed by atoms with E-state index in [9.17, 15) is 13.2 Å². The number of halogens is 3. The Kier molecular flexibility index (Phi) is 6.29. The van der Waals surface area contributed by atoms with E-state index < -0.39 is 11.7 Å². The summed E-state index contributed by atoms with van der Waals surface area (Å²) in [4.78, 5) is 7.97. The predicted octanol–water partition coefficient (Wildman–Crippen LogP) is 7.23. The number of anilines is 4. The molecule has 0 unspecified atom stereocenters. The molecule has 30 heavy (non-hydrogen) atoms. The van der Waals surface area contributed by atoms with Gasteiger partial charge in [0.2, 0.25) is 5.95 Å². The average Bonchev–Trinajstić information content (AvgIpc) is 2.68. The van der Waals surface area contributed by atoms with E-state index in [4.69, 9.17) is 0 Å². The van der Waals surface area contributed by atoms with Gasteiger partial charge in [0.15, 0.2) is 0 Å². The number of nitrogens with one attached hydrogen (secondary N) is 2. The van der Waals surface area contributed by atoms with Crippen molar-refractivity contribution in [3.05, 3.63) is 71.4 Å². The molecule has 0 aliphatic rings. The lowest BCUT2D eigenvalue weighted by molar-refractivity contribution is -0.137. The van der Waals surface area contributed by atoms with Crippen LogP contribution < -0.4 is 10.6 Å². The third kappa shape index (κ3) is 5.28. The second-order valence-electron chi connectivity index (χ2n) is 7.76. The Morgan fingerprint density at radius 3 is 2.07 bits per heavy atom. The maximum Gasteiger partial charge on any atom is 0.421 e. The topological polar surface area (TPSA) is 49.8 Å². The lowest BCUT2D eigenvalue weighted by atomic mass is 10.0. The van der Waals surface area contributed by atoms with Crippen molar-refractivity contribution in [2.45, 2.75) is 45.7 Å². The Morgan fingerprint density at radius 1 is 0.800 bits per heavy atom. The van der Waals surface area contributed by atoms with E-state index in [0.717, 1.165) is 11.8 Å². The fourth-order valence-corrected chi connectivity index (χ4v) is 2.94. The van der Waals surface area contributed by atoms with Gasteiger partial charge in [-0.25, -0.2) is 4.98 Å². The van der Waals surface area contributed by atoms with Crippen LogP contribution >= 0.6 is 0 Å². The third-order valence-electron chi connectivity index (χ3n) is 4.74. The molecule has 0 saturated heterocycles. The van der Waals surface area contributed by atoms with Crippen LogP contribution in [0, 0.1) is 0 Å². The Hall–Kier alpha value is -3.09. The molecule has 2 N–H and O–H groups in total. The lowest BCUT2D eigenvalue weighted by Gasteiger charge is -2.16. The number of nitrogens with zero attached hydrogens (tertiary/aromatic N) is 2. The first-order valence-corrected chi connectivity index (χ1v) is 9.81. The van der Waals surface area contributed by atoms with E-state index in [1.54, 1.807) is 6.07 Å². The standard InChI is InChI=1S/C23H25F3N4/c1-14(2)16-8-10-18(11-9-16)29-22-27-13-20(23(24,25)26)21(30-22)28-19-7-5-6-17(12-19)15(3)4/h5-15H,1-4H3,(H2,27,28,29,30). The summed E-state index contributed by atoms with van der Waals surface area (Å²) in [6.45, 7) is 8.23. The maximum absolute atomic E-state index is 13.5. The molecular formula is C23H25F3N4. The third-order valence-corrected chi connectivity index (χ3v) is 4.74. The smallest absolute Gasteiger partial charge is 0.340 e. The SMILES string of the molecule is CC(C)c1ccc(Nc2ncc(C(F)(F)F)c(Nc3cccc(C(C)C)c3)n2)cc1. The monoisotopic (exact) mass is 414 g/mol. The summed E-state index contributed by atoms with van der Waals surface area (Å²) >= 11 is 0. The van der Waals surface area contributed by atoms with Crippen LogP contribution in [0.1, 0.15) is 56.2 Å². The summed E-state index contributed by atoms with van der Waals surface area (Å²) in [5.41, 5.74) is 2.51. The molecule has 0 amide bonds. The molecule has 0 fully saturated rings. The largest absolute Gasteiger partial charge is 0.421 e. The first-order chi connectivity index (χ1) is 14.1. The molecule has 0 aliphatic heterocycles. The fourth-order valence-electron chi connectivity index (χ4n) is 2.94. The summed E-state index contributed by atoms with van der Waals surface area (Å²) in [5, 5.41) is 5.79. The van der Waals surface area contributed by atoms with Crippen LogP contribution in [-0.4, -0.2) is 9.97 Å². The molecule has 0 saturated carbocycles. The van der Waals surface area contributed by atoms with E-state index in [0.29, 0.717) is 17.3 Å². The fraction of sp³-hybridized carbons (Fsp3) is 0.304. The molecule has 3 aromatic rings. The zero-order valence-corrected chi connectivity index (χ0v) is 17.4. The van der Waals surface area contributed by atoms with E-state index in [-0.39, 0.29) is 17.7 Å². The average molecular weight is 414 g/mol. The highest BCUT2D eigenvalue weighted by Gasteiger charge is 2.35. The Bertz CT molecular complexity index is 996. The number of hydrogen-bond donors (Lipinski definition) is 2. The highest BCUT2D eigenvalue weighted by molar-refractivity contribution is 5.63. The first kappa shape index (κ1) is 21.6. The summed E-state index contributed by atoms with van der Waals surface area (Å²) in [6, 6.07) is 14.9. The Balaban J connectivity index is 1.91. The van der Waals surface area contributed by atoms with Crippen LogP contribution in [0.25, 0.3) is 0 Å². The van der Waals surface area contributed by atoms with Gasteiger partial charge in [0.05, 0.1) is 0 Å². The Labute approximate surface area is 174 Å². The first-order valence-electron chi connectivity index (χ1n) is 9.81. The van der Waals surface area contributed by atoms with Crippen molar-refractivity contribution in [1.82, 2.24) is 9.97 Å². The molecule has 1 aromatic heterocycles. The number of benzene rings is 2. The van der Waals surface area contributed by atoms with Crippen molar-refractivity contribution in [3.8, 4) is 0 Å². The molecule has 0 spiro atoms. The van der Waals surface area contributed by atoms with Crippen LogP contribution in [0.4, 0.5) is 36.3 Å². The van der Waals surface area contributed by atoms with Gasteiger partial charge in [-0.05, 0) is 47.2 Å². The van der Waals surface area contributed by atoms with Crippen LogP contribution in [0.2, 0.25) is 0 Å². The van der Waals surface area contributed by atoms with Crippen molar-refractivity contribution in [3.63, 3.8) is 0 Å². The van der Waals surface area contributed by atoms with Crippen molar-refractivity contribution in [2.75, 3.05) is 10.6 Å². The van der Waals surface area contributed by atoms with Crippen LogP contribution in [-0.2, 0) is 6.18 Å². The zero-order valence-electron chi connectivity index (χ0n) is 17.4. The van der Waals surface area contributed by atoms with Gasteiger partial charge in [0.25, 0.3) is 0 Å². The van der Waals surface area contributed by atoms with Gasteiger partial charge < -0.3 is 10.6 Å². The number of rotatable bonds is 6. The number of aromatic nitrogens is 2. The van der Waals surface area contributed by atoms with Crippen LogP contribution in [0.15, 0.2) is 54.7 Å². The second-order valence-corrected chi connectivity index (χ2v) is 7.76. The Morgan fingerprint density at radius 2 is 1.47 bits per heavy atom. The molecule has 0 atom stereocenters. The van der Waals surface area contributed by atoms with Gasteiger partial charge in [0.1, 0.15) is 11.4 Å². The summed E-state index contributed by atoms with van der Waals surface area (Å²) in [7, 11) is 0. The van der Waals surface area contributed by atoms with E-state index >= 15 is 0 Å². The van der Waals surface area contributed by atoms with Gasteiger partial charge in [-0.1, -0.05) is 52.0 Å². The molecule has 0 radical (unpaired) electrons. The normalized spacial score (nSPS) is 11.8.